The summed E-state index contributed by atoms with van der Waals surface area (Å²) in [6.07, 6.45) is -4.70. The summed E-state index contributed by atoms with van der Waals surface area (Å²) in [5.41, 5.74) is 7.49. The highest BCUT2D eigenvalue weighted by Crippen LogP contribution is 2.26. The van der Waals surface area contributed by atoms with Crippen molar-refractivity contribution < 1.29 is 17.9 Å². The van der Waals surface area contributed by atoms with Crippen LogP contribution < -0.4 is 10.5 Å². The lowest BCUT2D eigenvalue weighted by molar-refractivity contribution is -0.274. The highest BCUT2D eigenvalue weighted by Gasteiger charge is 2.31. The van der Waals surface area contributed by atoms with E-state index in [0.29, 0.717) is 10.6 Å². The summed E-state index contributed by atoms with van der Waals surface area (Å²) in [7, 11) is 0. The molecule has 0 heterocycles. The number of rotatable bonds is 3. The van der Waals surface area contributed by atoms with Gasteiger partial charge in [0.05, 0.1) is 6.04 Å². The summed E-state index contributed by atoms with van der Waals surface area (Å²) in [6.45, 7) is 0. The molecular formula is C14H11ClF3NO. The average molecular weight is 302 g/mol. The maximum absolute atomic E-state index is 12.0. The van der Waals surface area contributed by atoms with E-state index in [4.69, 9.17) is 17.3 Å². The smallest absolute Gasteiger partial charge is 0.406 e. The first-order valence-corrected chi connectivity index (χ1v) is 6.10. The van der Waals surface area contributed by atoms with Crippen LogP contribution in [0.1, 0.15) is 17.2 Å². The molecule has 0 radical (unpaired) electrons. The molecule has 106 valence electrons. The second kappa shape index (κ2) is 5.73. The third kappa shape index (κ3) is 3.88. The zero-order chi connectivity index (χ0) is 14.8. The van der Waals surface area contributed by atoms with Crippen molar-refractivity contribution in [1.29, 1.82) is 0 Å². The van der Waals surface area contributed by atoms with Crippen molar-refractivity contribution in [3.8, 4) is 5.75 Å². The van der Waals surface area contributed by atoms with Crippen molar-refractivity contribution in [2.45, 2.75) is 12.4 Å². The van der Waals surface area contributed by atoms with E-state index in [1.165, 1.54) is 24.3 Å². The fourth-order valence-electron chi connectivity index (χ4n) is 1.77. The van der Waals surface area contributed by atoms with Gasteiger partial charge in [-0.1, -0.05) is 35.9 Å². The maximum Gasteiger partial charge on any atom is 0.573 e. The van der Waals surface area contributed by atoms with Crippen molar-refractivity contribution in [1.82, 2.24) is 0 Å². The first-order valence-electron chi connectivity index (χ1n) is 5.72. The number of alkyl halides is 3. The Labute approximate surface area is 118 Å². The molecule has 20 heavy (non-hydrogen) atoms. The molecule has 2 aromatic carbocycles. The zero-order valence-corrected chi connectivity index (χ0v) is 10.9. The van der Waals surface area contributed by atoms with Gasteiger partial charge in [0.15, 0.2) is 0 Å². The van der Waals surface area contributed by atoms with Gasteiger partial charge in [-0.05, 0) is 35.4 Å². The Morgan fingerprint density at radius 3 is 2.20 bits per heavy atom. The molecule has 0 fully saturated rings. The van der Waals surface area contributed by atoms with Crippen molar-refractivity contribution in [2.75, 3.05) is 0 Å². The van der Waals surface area contributed by atoms with E-state index in [0.717, 1.165) is 5.56 Å². The van der Waals surface area contributed by atoms with Crippen LogP contribution in [-0.2, 0) is 0 Å². The number of nitrogens with two attached hydrogens (primary N) is 1. The summed E-state index contributed by atoms with van der Waals surface area (Å²) >= 11 is 5.87. The van der Waals surface area contributed by atoms with Crippen LogP contribution in [0.2, 0.25) is 5.02 Å². The summed E-state index contributed by atoms with van der Waals surface area (Å²) in [5, 5.41) is 0.551. The monoisotopic (exact) mass is 301 g/mol. The molecule has 6 heteroatoms. The number of benzene rings is 2. The lowest BCUT2D eigenvalue weighted by atomic mass is 10.00. The molecule has 0 aliphatic heterocycles. The molecule has 2 nitrogen and oxygen atoms in total. The minimum atomic E-state index is -4.70. The van der Waals surface area contributed by atoms with Crippen LogP contribution in [0.4, 0.5) is 13.2 Å². The Balaban J connectivity index is 2.17. The molecule has 0 amide bonds. The van der Waals surface area contributed by atoms with E-state index in [-0.39, 0.29) is 5.75 Å². The minimum absolute atomic E-state index is 0.278. The van der Waals surface area contributed by atoms with Crippen molar-refractivity contribution in [3.63, 3.8) is 0 Å². The SMILES string of the molecule is NC(c1ccc(OC(F)(F)F)cc1)c1cccc(Cl)c1. The van der Waals surface area contributed by atoms with Gasteiger partial charge in [-0.2, -0.15) is 0 Å². The Hall–Kier alpha value is -1.72. The molecule has 0 aliphatic rings. The molecule has 1 atom stereocenters. The molecule has 0 aromatic heterocycles. The second-order valence-corrected chi connectivity index (χ2v) is 4.59. The van der Waals surface area contributed by atoms with Crippen LogP contribution >= 0.6 is 11.6 Å². The van der Waals surface area contributed by atoms with Gasteiger partial charge in [-0.3, -0.25) is 0 Å². The third-order valence-electron chi connectivity index (χ3n) is 2.68. The fraction of sp³-hybridized carbons (Fsp3) is 0.143. The van der Waals surface area contributed by atoms with Crippen LogP contribution in [0.3, 0.4) is 0 Å². The van der Waals surface area contributed by atoms with Crippen LogP contribution in [0, 0.1) is 0 Å². The quantitative estimate of drug-likeness (QED) is 0.918. The lowest BCUT2D eigenvalue weighted by Gasteiger charge is -2.14. The maximum atomic E-state index is 12.0. The standard InChI is InChI=1S/C14H11ClF3NO/c15-11-3-1-2-10(8-11)13(19)9-4-6-12(7-5-9)20-14(16,17)18/h1-8,13H,19H2. The van der Waals surface area contributed by atoms with Gasteiger partial charge in [0.25, 0.3) is 0 Å². The molecule has 0 spiro atoms. The van der Waals surface area contributed by atoms with Crippen molar-refractivity contribution in [2.24, 2.45) is 5.73 Å². The first kappa shape index (κ1) is 14.7. The van der Waals surface area contributed by atoms with E-state index in [1.54, 1.807) is 24.3 Å². The predicted molar refractivity (Wildman–Crippen MR) is 70.6 cm³/mol. The van der Waals surface area contributed by atoms with E-state index in [9.17, 15) is 13.2 Å². The molecule has 0 saturated carbocycles. The van der Waals surface area contributed by atoms with Crippen molar-refractivity contribution in [3.05, 3.63) is 64.7 Å². The van der Waals surface area contributed by atoms with E-state index >= 15 is 0 Å². The van der Waals surface area contributed by atoms with Crippen LogP contribution in [-0.4, -0.2) is 6.36 Å². The van der Waals surface area contributed by atoms with Gasteiger partial charge in [0.1, 0.15) is 5.75 Å². The summed E-state index contributed by atoms with van der Waals surface area (Å²) in [5.74, 6) is -0.278. The van der Waals surface area contributed by atoms with Crippen LogP contribution in [0.25, 0.3) is 0 Å². The zero-order valence-electron chi connectivity index (χ0n) is 10.2. The molecule has 2 N–H and O–H groups in total. The fourth-order valence-corrected chi connectivity index (χ4v) is 1.97. The molecule has 0 bridgehead atoms. The molecular weight excluding hydrogens is 291 g/mol. The topological polar surface area (TPSA) is 35.2 Å². The van der Waals surface area contributed by atoms with Gasteiger partial charge in [0, 0.05) is 5.02 Å². The van der Waals surface area contributed by atoms with Gasteiger partial charge in [0.2, 0.25) is 0 Å². The predicted octanol–water partition coefficient (Wildman–Crippen LogP) is 4.29. The van der Waals surface area contributed by atoms with Gasteiger partial charge >= 0.3 is 6.36 Å². The van der Waals surface area contributed by atoms with Crippen molar-refractivity contribution >= 4 is 11.6 Å². The number of hydrogen-bond donors (Lipinski definition) is 1. The van der Waals surface area contributed by atoms with Gasteiger partial charge in [-0.15, -0.1) is 13.2 Å². The molecule has 2 rings (SSSR count). The summed E-state index contributed by atoms with van der Waals surface area (Å²) in [6, 6.07) is 12.0. The Bertz CT molecular complexity index is 584. The average Bonchev–Trinajstić information content (AvgIpc) is 2.37. The molecule has 1 unspecified atom stereocenters. The highest BCUT2D eigenvalue weighted by atomic mass is 35.5. The first-order chi connectivity index (χ1) is 9.35. The largest absolute Gasteiger partial charge is 0.573 e. The Morgan fingerprint density at radius 1 is 1.00 bits per heavy atom. The van der Waals surface area contributed by atoms with E-state index in [1.807, 2.05) is 0 Å². The van der Waals surface area contributed by atoms with Crippen LogP contribution in [0.15, 0.2) is 48.5 Å². The van der Waals surface area contributed by atoms with Gasteiger partial charge in [-0.25, -0.2) is 0 Å². The summed E-state index contributed by atoms with van der Waals surface area (Å²) in [4.78, 5) is 0. The number of hydrogen-bond acceptors (Lipinski definition) is 2. The summed E-state index contributed by atoms with van der Waals surface area (Å²) < 4.78 is 39.9. The lowest BCUT2D eigenvalue weighted by Crippen LogP contribution is -2.17. The minimum Gasteiger partial charge on any atom is -0.406 e. The number of halogens is 4. The Kier molecular flexibility index (Phi) is 4.20. The van der Waals surface area contributed by atoms with E-state index < -0.39 is 12.4 Å². The molecule has 2 aromatic rings. The van der Waals surface area contributed by atoms with Gasteiger partial charge < -0.3 is 10.5 Å². The van der Waals surface area contributed by atoms with E-state index in [2.05, 4.69) is 4.74 Å². The number of ether oxygens (including phenoxy) is 1. The highest BCUT2D eigenvalue weighted by molar-refractivity contribution is 6.30. The normalized spacial score (nSPS) is 13.1. The second-order valence-electron chi connectivity index (χ2n) is 4.15. The molecule has 0 saturated heterocycles. The Morgan fingerprint density at radius 2 is 1.65 bits per heavy atom. The van der Waals surface area contributed by atoms with Crippen LogP contribution in [0.5, 0.6) is 5.75 Å². The third-order valence-corrected chi connectivity index (χ3v) is 2.92. The molecule has 0 aliphatic carbocycles.